The Kier molecular flexibility index (Phi) is 2.38. The summed E-state index contributed by atoms with van der Waals surface area (Å²) >= 11 is 5.95. The van der Waals surface area contributed by atoms with Crippen molar-refractivity contribution in [2.24, 2.45) is 0 Å². The molecule has 1 N–H and O–H groups in total. The molecule has 13 heavy (non-hydrogen) atoms. The smallest absolute Gasteiger partial charge is 0.0820 e. The molecule has 0 aliphatic carbocycles. The van der Waals surface area contributed by atoms with E-state index in [1.54, 1.807) is 12.4 Å². The van der Waals surface area contributed by atoms with Gasteiger partial charge < -0.3 is 10.2 Å². The zero-order chi connectivity index (χ0) is 9.26. The Morgan fingerprint density at radius 2 is 2.38 bits per heavy atom. The second-order valence-electron chi connectivity index (χ2n) is 3.42. The lowest BCUT2D eigenvalue weighted by atomic mass is 10.1. The van der Waals surface area contributed by atoms with Crippen LogP contribution in [-0.2, 0) is 0 Å². The average Bonchev–Trinajstić information content (AvgIpc) is 2.06. The van der Waals surface area contributed by atoms with E-state index in [9.17, 15) is 0 Å². The summed E-state index contributed by atoms with van der Waals surface area (Å²) in [6.45, 7) is 2.16. The summed E-state index contributed by atoms with van der Waals surface area (Å²) in [6.07, 6.45) is 3.41. The van der Waals surface area contributed by atoms with Crippen LogP contribution in [0.1, 0.15) is 0 Å². The van der Waals surface area contributed by atoms with Gasteiger partial charge in [0.25, 0.3) is 0 Å². The van der Waals surface area contributed by atoms with Crippen LogP contribution in [0.3, 0.4) is 0 Å². The third kappa shape index (κ3) is 1.92. The van der Waals surface area contributed by atoms with Crippen molar-refractivity contribution < 1.29 is 0 Å². The molecule has 1 aromatic heterocycles. The molecule has 70 valence electrons. The molecule has 1 fully saturated rings. The molecular weight excluding hydrogens is 186 g/mol. The van der Waals surface area contributed by atoms with Crippen molar-refractivity contribution in [1.82, 2.24) is 9.88 Å². The number of likely N-dealkylation sites (N-methyl/N-ethyl adjacent to an activating group) is 1. The summed E-state index contributed by atoms with van der Waals surface area (Å²) in [4.78, 5) is 6.19. The van der Waals surface area contributed by atoms with E-state index >= 15 is 0 Å². The van der Waals surface area contributed by atoms with Gasteiger partial charge in [0.15, 0.2) is 0 Å². The first-order chi connectivity index (χ1) is 6.25. The molecule has 1 saturated heterocycles. The largest absolute Gasteiger partial charge is 0.378 e. The van der Waals surface area contributed by atoms with Crippen LogP contribution in [0, 0.1) is 0 Å². The maximum Gasteiger partial charge on any atom is 0.0820 e. The van der Waals surface area contributed by atoms with Crippen molar-refractivity contribution in [3.05, 3.63) is 23.5 Å². The SMILES string of the molecule is CN1CC(Nc2ccncc2Cl)C1. The van der Waals surface area contributed by atoms with Crippen LogP contribution >= 0.6 is 11.6 Å². The molecule has 1 aromatic rings. The number of aromatic nitrogens is 1. The molecule has 0 radical (unpaired) electrons. The molecule has 3 nitrogen and oxygen atoms in total. The molecule has 2 rings (SSSR count). The van der Waals surface area contributed by atoms with Crippen LogP contribution in [0.5, 0.6) is 0 Å². The maximum atomic E-state index is 5.95. The first kappa shape index (κ1) is 8.78. The molecule has 0 amide bonds. The number of anilines is 1. The third-order valence-electron chi connectivity index (χ3n) is 2.20. The number of nitrogens with zero attached hydrogens (tertiary/aromatic N) is 2. The minimum Gasteiger partial charge on any atom is -0.378 e. The highest BCUT2D eigenvalue weighted by Crippen LogP contribution is 2.21. The minimum absolute atomic E-state index is 0.532. The van der Waals surface area contributed by atoms with Crippen molar-refractivity contribution in [1.29, 1.82) is 0 Å². The van der Waals surface area contributed by atoms with Crippen LogP contribution in [0.15, 0.2) is 18.5 Å². The van der Waals surface area contributed by atoms with Gasteiger partial charge in [-0.1, -0.05) is 11.6 Å². The summed E-state index contributed by atoms with van der Waals surface area (Å²) in [5, 5.41) is 4.06. The van der Waals surface area contributed by atoms with Crippen molar-refractivity contribution >= 4 is 17.3 Å². The van der Waals surface area contributed by atoms with E-state index in [2.05, 4.69) is 22.2 Å². The summed E-state index contributed by atoms with van der Waals surface area (Å²) in [5.41, 5.74) is 0.981. The number of halogens is 1. The number of hydrogen-bond donors (Lipinski definition) is 1. The van der Waals surface area contributed by atoms with Crippen LogP contribution in [0.2, 0.25) is 5.02 Å². The molecule has 0 saturated carbocycles. The molecule has 0 bridgehead atoms. The van der Waals surface area contributed by atoms with Crippen LogP contribution < -0.4 is 5.32 Å². The average molecular weight is 198 g/mol. The van der Waals surface area contributed by atoms with E-state index in [0.29, 0.717) is 11.1 Å². The topological polar surface area (TPSA) is 28.2 Å². The summed E-state index contributed by atoms with van der Waals surface area (Å²) in [6, 6.07) is 2.44. The van der Waals surface area contributed by atoms with Gasteiger partial charge in [0.05, 0.1) is 16.8 Å². The van der Waals surface area contributed by atoms with Crippen molar-refractivity contribution in [2.75, 3.05) is 25.5 Å². The third-order valence-corrected chi connectivity index (χ3v) is 2.50. The monoisotopic (exact) mass is 197 g/mol. The van der Waals surface area contributed by atoms with Gasteiger partial charge in [0.1, 0.15) is 0 Å². The summed E-state index contributed by atoms with van der Waals surface area (Å²) < 4.78 is 0. The molecule has 1 aliphatic heterocycles. The fraction of sp³-hybridized carbons (Fsp3) is 0.444. The van der Waals surface area contributed by atoms with Crippen molar-refractivity contribution in [3.63, 3.8) is 0 Å². The van der Waals surface area contributed by atoms with Gasteiger partial charge in [-0.05, 0) is 13.1 Å². The number of likely N-dealkylation sites (tertiary alicyclic amines) is 1. The number of hydrogen-bond acceptors (Lipinski definition) is 3. The lowest BCUT2D eigenvalue weighted by Gasteiger charge is -2.37. The predicted octanol–water partition coefficient (Wildman–Crippen LogP) is 1.46. The van der Waals surface area contributed by atoms with Crippen molar-refractivity contribution in [3.8, 4) is 0 Å². The molecule has 4 heteroatoms. The first-order valence-electron chi connectivity index (χ1n) is 4.30. The number of rotatable bonds is 2. The van der Waals surface area contributed by atoms with E-state index in [4.69, 9.17) is 11.6 Å². The maximum absolute atomic E-state index is 5.95. The molecule has 2 heterocycles. The van der Waals surface area contributed by atoms with Crippen molar-refractivity contribution in [2.45, 2.75) is 6.04 Å². The number of pyridine rings is 1. The number of nitrogens with one attached hydrogen (secondary N) is 1. The van der Waals surface area contributed by atoms with Gasteiger partial charge in [-0.15, -0.1) is 0 Å². The normalized spacial score (nSPS) is 18.3. The van der Waals surface area contributed by atoms with Crippen LogP contribution in [-0.4, -0.2) is 36.1 Å². The Bertz CT molecular complexity index is 297. The van der Waals surface area contributed by atoms with Crippen LogP contribution in [0.4, 0.5) is 5.69 Å². The van der Waals surface area contributed by atoms with E-state index < -0.39 is 0 Å². The van der Waals surface area contributed by atoms with Gasteiger partial charge in [0.2, 0.25) is 0 Å². The van der Waals surface area contributed by atoms with E-state index in [-0.39, 0.29) is 0 Å². The Morgan fingerprint density at radius 3 is 3.00 bits per heavy atom. The Labute approximate surface area is 82.7 Å². The van der Waals surface area contributed by atoms with E-state index in [0.717, 1.165) is 18.8 Å². The molecular formula is C9H12ClN3. The first-order valence-corrected chi connectivity index (χ1v) is 4.68. The van der Waals surface area contributed by atoms with Gasteiger partial charge in [-0.25, -0.2) is 0 Å². The highest BCUT2D eigenvalue weighted by molar-refractivity contribution is 6.33. The Hall–Kier alpha value is -0.800. The zero-order valence-electron chi connectivity index (χ0n) is 7.50. The minimum atomic E-state index is 0.532. The Morgan fingerprint density at radius 1 is 1.62 bits per heavy atom. The Balaban J connectivity index is 1.98. The highest BCUT2D eigenvalue weighted by atomic mass is 35.5. The lowest BCUT2D eigenvalue weighted by molar-refractivity contribution is 0.205. The van der Waals surface area contributed by atoms with E-state index in [1.807, 2.05) is 6.07 Å². The zero-order valence-corrected chi connectivity index (χ0v) is 8.25. The predicted molar refractivity (Wildman–Crippen MR) is 54.2 cm³/mol. The standard InChI is InChI=1S/C9H12ClN3/c1-13-5-7(6-13)12-9-2-3-11-4-8(9)10/h2-4,7H,5-6H2,1H3,(H,11,12). The van der Waals surface area contributed by atoms with Gasteiger partial charge >= 0.3 is 0 Å². The quantitative estimate of drug-likeness (QED) is 0.778. The molecule has 1 aliphatic rings. The van der Waals surface area contributed by atoms with Gasteiger partial charge in [-0.2, -0.15) is 0 Å². The highest BCUT2D eigenvalue weighted by Gasteiger charge is 2.22. The molecule has 0 spiro atoms. The van der Waals surface area contributed by atoms with Crippen LogP contribution in [0.25, 0.3) is 0 Å². The van der Waals surface area contributed by atoms with E-state index in [1.165, 1.54) is 0 Å². The summed E-state index contributed by atoms with van der Waals surface area (Å²) in [7, 11) is 2.10. The lowest BCUT2D eigenvalue weighted by Crippen LogP contribution is -2.52. The summed E-state index contributed by atoms with van der Waals surface area (Å²) in [5.74, 6) is 0. The molecule has 0 atom stereocenters. The fourth-order valence-electron chi connectivity index (χ4n) is 1.50. The second kappa shape index (κ2) is 3.52. The van der Waals surface area contributed by atoms with Gasteiger partial charge in [-0.3, -0.25) is 4.98 Å². The van der Waals surface area contributed by atoms with Gasteiger partial charge in [0, 0.05) is 25.5 Å². The fourth-order valence-corrected chi connectivity index (χ4v) is 1.68. The molecule has 0 unspecified atom stereocenters. The molecule has 0 aromatic carbocycles. The second-order valence-corrected chi connectivity index (χ2v) is 3.83.